The van der Waals surface area contributed by atoms with Crippen molar-refractivity contribution < 1.29 is 9.53 Å². The lowest BCUT2D eigenvalue weighted by Crippen LogP contribution is -2.11. The molecule has 2 N–H and O–H groups in total. The van der Waals surface area contributed by atoms with Crippen LogP contribution in [0, 0.1) is 0 Å². The summed E-state index contributed by atoms with van der Waals surface area (Å²) in [6, 6.07) is 22.3. The second kappa shape index (κ2) is 7.17. The summed E-state index contributed by atoms with van der Waals surface area (Å²) in [6.07, 6.45) is 0. The number of fused-ring (bicyclic) bond motifs is 1. The van der Waals surface area contributed by atoms with Gasteiger partial charge < -0.3 is 10.5 Å². The van der Waals surface area contributed by atoms with E-state index in [1.165, 1.54) is 0 Å². The molecule has 1 unspecified atom stereocenters. The second-order valence-electron chi connectivity index (χ2n) is 5.86. The van der Waals surface area contributed by atoms with Crippen molar-refractivity contribution >= 4 is 32.6 Å². The molecule has 0 aliphatic carbocycles. The van der Waals surface area contributed by atoms with Crippen molar-refractivity contribution in [1.29, 1.82) is 0 Å². The van der Waals surface area contributed by atoms with E-state index < -0.39 is 16.4 Å². The number of thiophene rings is 1. The van der Waals surface area contributed by atoms with Crippen molar-refractivity contribution in [3.05, 3.63) is 72.4 Å². The fourth-order valence-electron chi connectivity index (χ4n) is 2.93. The van der Waals surface area contributed by atoms with E-state index in [2.05, 4.69) is 34.2 Å². The first-order valence-corrected chi connectivity index (χ1v) is 9.82. The number of nitrogen functional groups attached to an aromatic ring is 1. The van der Waals surface area contributed by atoms with Gasteiger partial charge in [0.25, 0.3) is 0 Å². The molecule has 4 rings (SSSR count). The Bertz CT molecular complexity index is 1110. The lowest BCUT2D eigenvalue weighted by atomic mass is 10.2. The smallest absolute Gasteiger partial charge is 0.360 e. The number of hydrogen-bond donors (Lipinski definition) is 1. The van der Waals surface area contributed by atoms with Crippen molar-refractivity contribution in [3.63, 3.8) is 0 Å². The van der Waals surface area contributed by atoms with Crippen molar-refractivity contribution in [1.82, 2.24) is 9.97 Å². The molecule has 2 aromatic carbocycles. The standard InChI is InChI=1S/C21H17N3O2S/c1-2-26-21(25)18-19(22)24-20-16(23-18)13-17(14-9-5-3-6-10-14)27(20)15-11-7-4-8-12-15/h3-13H,2H2,1H3,(H-,22,24,25)/p+1. The van der Waals surface area contributed by atoms with Crippen LogP contribution < -0.4 is 5.73 Å². The van der Waals surface area contributed by atoms with Gasteiger partial charge >= 0.3 is 10.8 Å². The Morgan fingerprint density at radius 2 is 1.70 bits per heavy atom. The minimum atomic E-state index is -0.550. The number of benzene rings is 2. The van der Waals surface area contributed by atoms with Crippen molar-refractivity contribution in [2.75, 3.05) is 12.3 Å². The van der Waals surface area contributed by atoms with E-state index in [-0.39, 0.29) is 18.1 Å². The van der Waals surface area contributed by atoms with Gasteiger partial charge in [0, 0.05) is 11.6 Å². The van der Waals surface area contributed by atoms with Crippen LogP contribution in [0.3, 0.4) is 0 Å². The molecule has 4 aromatic rings. The highest BCUT2D eigenvalue weighted by Crippen LogP contribution is 2.47. The third kappa shape index (κ3) is 3.15. The van der Waals surface area contributed by atoms with Crippen LogP contribution in [0.5, 0.6) is 0 Å². The minimum Gasteiger partial charge on any atom is -0.461 e. The number of esters is 1. The zero-order valence-corrected chi connectivity index (χ0v) is 15.6. The van der Waals surface area contributed by atoms with Crippen LogP contribution in [0.15, 0.2) is 66.7 Å². The Labute approximate surface area is 159 Å². The van der Waals surface area contributed by atoms with E-state index in [1.807, 2.05) is 42.5 Å². The first-order chi connectivity index (χ1) is 13.2. The molecule has 0 saturated heterocycles. The van der Waals surface area contributed by atoms with Gasteiger partial charge in [-0.15, -0.1) is 0 Å². The van der Waals surface area contributed by atoms with Crippen LogP contribution >= 0.6 is 10.5 Å². The molecule has 6 heteroatoms. The lowest BCUT2D eigenvalue weighted by molar-refractivity contribution is 0.0521. The van der Waals surface area contributed by atoms with Gasteiger partial charge in [-0.1, -0.05) is 36.4 Å². The second-order valence-corrected chi connectivity index (χ2v) is 7.77. The molecule has 0 fully saturated rings. The molecule has 0 saturated carbocycles. The number of hydrogen-bond acceptors (Lipinski definition) is 5. The highest BCUT2D eigenvalue weighted by atomic mass is 32.2. The highest BCUT2D eigenvalue weighted by molar-refractivity contribution is 7.47. The number of ether oxygens (including phenoxy) is 1. The normalized spacial score (nSPS) is 11.5. The predicted molar refractivity (Wildman–Crippen MR) is 109 cm³/mol. The topological polar surface area (TPSA) is 78.1 Å². The molecule has 0 amide bonds. The molecule has 5 nitrogen and oxygen atoms in total. The summed E-state index contributed by atoms with van der Waals surface area (Å²) in [6.45, 7) is 2.01. The minimum absolute atomic E-state index is 0.0674. The fourth-order valence-corrected chi connectivity index (χ4v) is 5.14. The Morgan fingerprint density at radius 3 is 2.37 bits per heavy atom. The van der Waals surface area contributed by atoms with Gasteiger partial charge in [0.05, 0.1) is 17.1 Å². The molecular weight excluding hydrogens is 358 g/mol. The number of carbonyl (C=O) groups is 1. The summed E-state index contributed by atoms with van der Waals surface area (Å²) in [5.41, 5.74) is 7.89. The fraction of sp³-hybridized carbons (Fsp3) is 0.0952. The Hall–Kier alpha value is -3.25. The van der Waals surface area contributed by atoms with E-state index in [1.54, 1.807) is 6.92 Å². The molecule has 27 heavy (non-hydrogen) atoms. The van der Waals surface area contributed by atoms with Gasteiger partial charge in [-0.25, -0.2) is 9.78 Å². The average Bonchev–Trinajstić information content (AvgIpc) is 3.07. The van der Waals surface area contributed by atoms with Crippen LogP contribution in [0.2, 0.25) is 0 Å². The van der Waals surface area contributed by atoms with Gasteiger partial charge in [-0.3, -0.25) is 0 Å². The first kappa shape index (κ1) is 17.2. The molecule has 0 bridgehead atoms. The molecule has 0 spiro atoms. The monoisotopic (exact) mass is 376 g/mol. The van der Waals surface area contributed by atoms with Gasteiger partial charge in [0.1, 0.15) is 0 Å². The number of rotatable bonds is 4. The predicted octanol–water partition coefficient (Wildman–Crippen LogP) is 4.79. The lowest BCUT2D eigenvalue weighted by Gasteiger charge is -2.02. The molecule has 0 aliphatic rings. The molecule has 1 atom stereocenters. The molecule has 2 aromatic heterocycles. The van der Waals surface area contributed by atoms with E-state index >= 15 is 0 Å². The van der Waals surface area contributed by atoms with E-state index in [9.17, 15) is 4.79 Å². The maximum atomic E-state index is 12.1. The van der Waals surface area contributed by atoms with Gasteiger partial charge in [-0.05, 0) is 31.2 Å². The summed E-state index contributed by atoms with van der Waals surface area (Å²) in [7, 11) is -0.435. The van der Waals surface area contributed by atoms with E-state index in [0.717, 1.165) is 20.2 Å². The van der Waals surface area contributed by atoms with E-state index in [0.29, 0.717) is 5.52 Å². The third-order valence-electron chi connectivity index (χ3n) is 4.10. The summed E-state index contributed by atoms with van der Waals surface area (Å²) in [4.78, 5) is 24.2. The van der Waals surface area contributed by atoms with Crippen molar-refractivity contribution in [3.8, 4) is 15.3 Å². The summed E-state index contributed by atoms with van der Waals surface area (Å²) in [5.74, 6) is -0.449. The average molecular weight is 376 g/mol. The van der Waals surface area contributed by atoms with Crippen LogP contribution in [0.1, 0.15) is 17.4 Å². The molecule has 2 heterocycles. The Morgan fingerprint density at radius 1 is 1.04 bits per heavy atom. The third-order valence-corrected chi connectivity index (χ3v) is 6.33. The summed E-state index contributed by atoms with van der Waals surface area (Å²) < 4.78 is 5.05. The first-order valence-electron chi connectivity index (χ1n) is 8.60. The van der Waals surface area contributed by atoms with Gasteiger partial charge in [0.15, 0.2) is 26.8 Å². The van der Waals surface area contributed by atoms with Crippen molar-refractivity contribution in [2.45, 2.75) is 6.92 Å². The zero-order chi connectivity index (χ0) is 18.8. The molecular formula is C21H18N3O2S+. The van der Waals surface area contributed by atoms with Gasteiger partial charge in [0.2, 0.25) is 0 Å². The zero-order valence-electron chi connectivity index (χ0n) is 14.8. The number of nitrogens with two attached hydrogens (primary N) is 1. The summed E-state index contributed by atoms with van der Waals surface area (Å²) >= 11 is 0. The number of anilines is 1. The maximum Gasteiger partial charge on any atom is 0.360 e. The van der Waals surface area contributed by atoms with Crippen molar-refractivity contribution in [2.24, 2.45) is 0 Å². The number of carbonyl (C=O) groups excluding carboxylic acids is 1. The van der Waals surface area contributed by atoms with Crippen LogP contribution in [-0.4, -0.2) is 22.5 Å². The largest absolute Gasteiger partial charge is 0.461 e. The van der Waals surface area contributed by atoms with Crippen LogP contribution in [0.4, 0.5) is 5.82 Å². The van der Waals surface area contributed by atoms with Gasteiger partial charge in [-0.2, -0.15) is 4.98 Å². The molecule has 134 valence electrons. The van der Waals surface area contributed by atoms with E-state index in [4.69, 9.17) is 10.5 Å². The highest BCUT2D eigenvalue weighted by Gasteiger charge is 2.29. The van der Waals surface area contributed by atoms with Crippen LogP contribution in [0.25, 0.3) is 25.7 Å². The quantitative estimate of drug-likeness (QED) is 0.409. The molecule has 0 aliphatic heterocycles. The summed E-state index contributed by atoms with van der Waals surface area (Å²) in [5, 5.41) is 0. The maximum absolute atomic E-state index is 12.1. The number of aromatic nitrogens is 2. The van der Waals surface area contributed by atoms with Crippen LogP contribution in [-0.2, 0) is 4.74 Å². The Balaban J connectivity index is 2.00. The Kier molecular flexibility index (Phi) is 4.56. The number of nitrogens with zero attached hydrogens (tertiary/aromatic N) is 2. The SMILES string of the molecule is CCOC(=O)c1nc2cc(-c3ccccc3)[s+](-c3ccccc3)c2nc1N. The molecule has 0 radical (unpaired) electrons.